The van der Waals surface area contributed by atoms with E-state index >= 15 is 0 Å². The second kappa shape index (κ2) is 7.25. The molecule has 6 heteroatoms. The zero-order chi connectivity index (χ0) is 17.9. The van der Waals surface area contributed by atoms with Gasteiger partial charge in [-0.2, -0.15) is 0 Å². The number of benzene rings is 1. The molecule has 0 saturated carbocycles. The van der Waals surface area contributed by atoms with Gasteiger partial charge in [-0.3, -0.25) is 4.98 Å². The van der Waals surface area contributed by atoms with Crippen molar-refractivity contribution in [3.05, 3.63) is 66.1 Å². The van der Waals surface area contributed by atoms with E-state index in [1.807, 2.05) is 35.1 Å². The number of imidazole rings is 1. The van der Waals surface area contributed by atoms with E-state index in [9.17, 15) is 0 Å². The van der Waals surface area contributed by atoms with Crippen molar-refractivity contribution in [1.82, 2.24) is 19.6 Å². The third-order valence-corrected chi connectivity index (χ3v) is 5.22. The van der Waals surface area contributed by atoms with E-state index in [2.05, 4.69) is 58.5 Å². The maximum Gasteiger partial charge on any atom is 0.214 e. The van der Waals surface area contributed by atoms with E-state index in [0.717, 1.165) is 40.0 Å². The Kier molecular flexibility index (Phi) is 4.67. The molecule has 0 bridgehead atoms. The molecule has 0 spiro atoms. The molecule has 1 N–H and O–H groups in total. The minimum absolute atomic E-state index is 0.531. The molecule has 3 heterocycles. The molecule has 0 aliphatic carbocycles. The van der Waals surface area contributed by atoms with Crippen LogP contribution in [0.4, 0.5) is 5.13 Å². The van der Waals surface area contributed by atoms with Crippen molar-refractivity contribution < 1.29 is 0 Å². The summed E-state index contributed by atoms with van der Waals surface area (Å²) in [6.45, 7) is 5.21. The molecule has 0 radical (unpaired) electrons. The van der Waals surface area contributed by atoms with Crippen LogP contribution in [0.25, 0.3) is 16.2 Å². The lowest BCUT2D eigenvalue weighted by atomic mass is 10.0. The second-order valence-corrected chi connectivity index (χ2v) is 7.48. The number of hydrogen-bond donors (Lipinski definition) is 1. The van der Waals surface area contributed by atoms with Crippen molar-refractivity contribution >= 4 is 21.4 Å². The third kappa shape index (κ3) is 3.46. The summed E-state index contributed by atoms with van der Waals surface area (Å²) in [4.78, 5) is 9.74. The molecule has 4 aromatic rings. The Hall–Kier alpha value is -2.73. The van der Waals surface area contributed by atoms with Crippen LogP contribution in [0.5, 0.6) is 0 Å². The van der Waals surface area contributed by atoms with Crippen molar-refractivity contribution in [1.29, 1.82) is 0 Å². The number of hydrogen-bond acceptors (Lipinski definition) is 5. The van der Waals surface area contributed by atoms with E-state index in [-0.39, 0.29) is 0 Å². The van der Waals surface area contributed by atoms with Crippen molar-refractivity contribution in [3.8, 4) is 11.3 Å². The number of nitrogens with zero attached hydrogens (tertiary/aromatic N) is 4. The van der Waals surface area contributed by atoms with Gasteiger partial charge in [0, 0.05) is 30.4 Å². The summed E-state index contributed by atoms with van der Waals surface area (Å²) >= 11 is 1.57. The number of fused-ring (bicyclic) bond motifs is 1. The Balaban J connectivity index is 1.49. The normalized spacial score (nSPS) is 11.3. The van der Waals surface area contributed by atoms with Crippen LogP contribution in [0.15, 0.2) is 54.9 Å². The molecule has 5 nitrogen and oxygen atoms in total. The second-order valence-electron chi connectivity index (χ2n) is 6.52. The lowest BCUT2D eigenvalue weighted by Gasteiger charge is -2.06. The average Bonchev–Trinajstić information content (AvgIpc) is 3.23. The molecule has 0 unspecified atom stereocenters. The van der Waals surface area contributed by atoms with Crippen LogP contribution in [0.1, 0.15) is 31.0 Å². The summed E-state index contributed by atoms with van der Waals surface area (Å²) in [5.74, 6) is 0.531. The summed E-state index contributed by atoms with van der Waals surface area (Å²) in [6.07, 6.45) is 4.58. The van der Waals surface area contributed by atoms with Crippen LogP contribution in [-0.2, 0) is 6.42 Å². The van der Waals surface area contributed by atoms with Crippen LogP contribution >= 0.6 is 11.3 Å². The quantitative estimate of drug-likeness (QED) is 0.543. The fraction of sp³-hybridized carbons (Fsp3) is 0.250. The highest BCUT2D eigenvalue weighted by Gasteiger charge is 2.12. The van der Waals surface area contributed by atoms with Crippen molar-refractivity contribution in [2.75, 3.05) is 11.9 Å². The first-order chi connectivity index (χ1) is 12.7. The van der Waals surface area contributed by atoms with Gasteiger partial charge in [0.2, 0.25) is 10.1 Å². The van der Waals surface area contributed by atoms with Crippen LogP contribution in [0.3, 0.4) is 0 Å². The highest BCUT2D eigenvalue weighted by Crippen LogP contribution is 2.27. The Morgan fingerprint density at radius 1 is 1.08 bits per heavy atom. The average molecular weight is 363 g/mol. The van der Waals surface area contributed by atoms with E-state index in [4.69, 9.17) is 0 Å². The largest absolute Gasteiger partial charge is 0.360 e. The molecule has 0 atom stereocenters. The van der Waals surface area contributed by atoms with Gasteiger partial charge in [0.25, 0.3) is 0 Å². The standard InChI is InChI=1S/C20H21N5S/c1-14(2)15-6-8-16(9-7-15)18-13-23-20-25(18)24-19(26-20)22-12-10-17-5-3-4-11-21-17/h3-9,11,13-14H,10,12H2,1-2H3,(H,22,24). The molecule has 0 aliphatic heterocycles. The van der Waals surface area contributed by atoms with Gasteiger partial charge in [0.05, 0.1) is 11.9 Å². The predicted octanol–water partition coefficient (Wildman–Crippen LogP) is 4.63. The number of pyridine rings is 1. The molecule has 3 aromatic heterocycles. The molecule has 4 rings (SSSR count). The molecule has 0 aliphatic rings. The number of nitrogens with one attached hydrogen (secondary N) is 1. The maximum atomic E-state index is 4.68. The smallest absolute Gasteiger partial charge is 0.214 e. The lowest BCUT2D eigenvalue weighted by Crippen LogP contribution is -2.06. The van der Waals surface area contributed by atoms with Crippen molar-refractivity contribution in [2.24, 2.45) is 0 Å². The molecular weight excluding hydrogens is 342 g/mol. The third-order valence-electron chi connectivity index (χ3n) is 4.34. The Labute approximate surface area is 156 Å². The highest BCUT2D eigenvalue weighted by atomic mass is 32.1. The van der Waals surface area contributed by atoms with Crippen LogP contribution < -0.4 is 5.32 Å². The molecule has 132 valence electrons. The van der Waals surface area contributed by atoms with Gasteiger partial charge in [0.15, 0.2) is 0 Å². The predicted molar refractivity (Wildman–Crippen MR) is 107 cm³/mol. The minimum atomic E-state index is 0.531. The van der Waals surface area contributed by atoms with E-state index in [1.165, 1.54) is 5.56 Å². The van der Waals surface area contributed by atoms with Gasteiger partial charge in [0.1, 0.15) is 0 Å². The fourth-order valence-corrected chi connectivity index (χ4v) is 3.64. The Morgan fingerprint density at radius 3 is 2.65 bits per heavy atom. The van der Waals surface area contributed by atoms with Gasteiger partial charge >= 0.3 is 0 Å². The number of aromatic nitrogens is 4. The van der Waals surface area contributed by atoms with Crippen molar-refractivity contribution in [3.63, 3.8) is 0 Å². The lowest BCUT2D eigenvalue weighted by molar-refractivity contribution is 0.866. The first kappa shape index (κ1) is 16.7. The summed E-state index contributed by atoms with van der Waals surface area (Å²) in [7, 11) is 0. The van der Waals surface area contributed by atoms with Gasteiger partial charge < -0.3 is 5.32 Å². The fourth-order valence-electron chi connectivity index (χ4n) is 2.84. The molecular formula is C20H21N5S. The van der Waals surface area contributed by atoms with Gasteiger partial charge in [-0.15, -0.1) is 5.10 Å². The SMILES string of the molecule is CC(C)c1ccc(-c2cnc3sc(NCCc4ccccn4)nn23)cc1. The van der Waals surface area contributed by atoms with Gasteiger partial charge in [-0.1, -0.05) is 55.5 Å². The minimum Gasteiger partial charge on any atom is -0.360 e. The molecule has 1 aromatic carbocycles. The highest BCUT2D eigenvalue weighted by molar-refractivity contribution is 7.20. The van der Waals surface area contributed by atoms with Crippen LogP contribution in [0.2, 0.25) is 0 Å². The molecule has 0 amide bonds. The van der Waals surface area contributed by atoms with Gasteiger partial charge in [-0.25, -0.2) is 9.50 Å². The Bertz CT molecular complexity index is 986. The maximum absolute atomic E-state index is 4.68. The molecule has 0 saturated heterocycles. The summed E-state index contributed by atoms with van der Waals surface area (Å²) in [5.41, 5.74) is 4.56. The van der Waals surface area contributed by atoms with Crippen molar-refractivity contribution in [2.45, 2.75) is 26.2 Å². The summed E-state index contributed by atoms with van der Waals surface area (Å²) in [6, 6.07) is 14.6. The van der Waals surface area contributed by atoms with Gasteiger partial charge in [-0.05, 0) is 23.6 Å². The molecule has 26 heavy (non-hydrogen) atoms. The topological polar surface area (TPSA) is 55.1 Å². The Morgan fingerprint density at radius 2 is 1.92 bits per heavy atom. The summed E-state index contributed by atoms with van der Waals surface area (Å²) in [5, 5.41) is 8.94. The zero-order valence-electron chi connectivity index (χ0n) is 14.9. The zero-order valence-corrected chi connectivity index (χ0v) is 15.7. The first-order valence-electron chi connectivity index (χ1n) is 8.79. The van der Waals surface area contributed by atoms with Crippen LogP contribution in [-0.4, -0.2) is 26.1 Å². The van der Waals surface area contributed by atoms with E-state index in [0.29, 0.717) is 5.92 Å². The number of rotatable bonds is 6. The number of anilines is 1. The monoisotopic (exact) mass is 363 g/mol. The van der Waals surface area contributed by atoms with E-state index in [1.54, 1.807) is 11.3 Å². The summed E-state index contributed by atoms with van der Waals surface area (Å²) < 4.78 is 1.91. The molecule has 0 fully saturated rings. The first-order valence-corrected chi connectivity index (χ1v) is 9.61. The van der Waals surface area contributed by atoms with E-state index < -0.39 is 0 Å². The van der Waals surface area contributed by atoms with Crippen LogP contribution in [0, 0.1) is 0 Å².